The molecule has 0 aliphatic carbocycles. The second-order valence-electron chi connectivity index (χ2n) is 6.96. The number of hydrogen-bond acceptors (Lipinski definition) is 4. The number of ether oxygens (including phenoxy) is 1. The molecule has 1 saturated heterocycles. The van der Waals surface area contributed by atoms with Crippen molar-refractivity contribution in [1.82, 2.24) is 9.88 Å². The molecule has 0 bridgehead atoms. The van der Waals surface area contributed by atoms with Gasteiger partial charge in [0.25, 0.3) is 0 Å². The number of aromatic carboxylic acids is 1. The molecule has 1 fully saturated rings. The van der Waals surface area contributed by atoms with Crippen LogP contribution in [0.2, 0.25) is 0 Å². The Hall–Kier alpha value is -2.11. The predicted octanol–water partition coefficient (Wildman–Crippen LogP) is 2.97. The summed E-state index contributed by atoms with van der Waals surface area (Å²) < 4.78 is 5.38. The number of aromatic nitrogens is 1. The van der Waals surface area contributed by atoms with E-state index in [9.17, 15) is 9.59 Å². The molecule has 1 amide bonds. The first-order chi connectivity index (χ1) is 10.7. The SMILES string of the molecule is CC(C)(C)OC(=O)N1CCC(CCc2cc(C(=O)O)ccn2)C1. The van der Waals surface area contributed by atoms with Crippen molar-refractivity contribution < 1.29 is 19.4 Å². The molecule has 1 aromatic rings. The van der Waals surface area contributed by atoms with Gasteiger partial charge >= 0.3 is 12.1 Å². The Morgan fingerprint density at radius 2 is 2.17 bits per heavy atom. The number of rotatable bonds is 4. The third kappa shape index (κ3) is 5.23. The largest absolute Gasteiger partial charge is 0.478 e. The number of carboxylic acids is 1. The van der Waals surface area contributed by atoms with Crippen molar-refractivity contribution in [3.63, 3.8) is 0 Å². The van der Waals surface area contributed by atoms with Gasteiger partial charge in [0.2, 0.25) is 0 Å². The summed E-state index contributed by atoms with van der Waals surface area (Å²) in [6.45, 7) is 6.98. The summed E-state index contributed by atoms with van der Waals surface area (Å²) in [5.41, 5.74) is 0.563. The molecule has 1 atom stereocenters. The molecule has 1 unspecified atom stereocenters. The van der Waals surface area contributed by atoms with E-state index in [2.05, 4.69) is 4.98 Å². The van der Waals surface area contributed by atoms with Crippen molar-refractivity contribution in [3.8, 4) is 0 Å². The van der Waals surface area contributed by atoms with Crippen molar-refractivity contribution in [2.24, 2.45) is 5.92 Å². The van der Waals surface area contributed by atoms with Gasteiger partial charge in [-0.1, -0.05) is 0 Å². The van der Waals surface area contributed by atoms with Crippen LogP contribution in [0.25, 0.3) is 0 Å². The van der Waals surface area contributed by atoms with Crippen LogP contribution in [0.3, 0.4) is 0 Å². The van der Waals surface area contributed by atoms with Crippen LogP contribution in [0.4, 0.5) is 4.79 Å². The highest BCUT2D eigenvalue weighted by molar-refractivity contribution is 5.87. The van der Waals surface area contributed by atoms with Crippen LogP contribution < -0.4 is 0 Å². The Labute approximate surface area is 136 Å². The maximum absolute atomic E-state index is 12.0. The summed E-state index contributed by atoms with van der Waals surface area (Å²) in [5.74, 6) is -0.539. The number of pyridine rings is 1. The average molecular weight is 320 g/mol. The number of carboxylic acid groups (broad SMARTS) is 1. The van der Waals surface area contributed by atoms with Gasteiger partial charge in [0, 0.05) is 25.0 Å². The molecule has 1 N–H and O–H groups in total. The molecule has 0 radical (unpaired) electrons. The van der Waals surface area contributed by atoms with Crippen LogP contribution in [-0.2, 0) is 11.2 Å². The predicted molar refractivity (Wildman–Crippen MR) is 85.4 cm³/mol. The van der Waals surface area contributed by atoms with Crippen molar-refractivity contribution in [2.45, 2.75) is 45.6 Å². The molecule has 2 rings (SSSR count). The lowest BCUT2D eigenvalue weighted by Gasteiger charge is -2.24. The smallest absolute Gasteiger partial charge is 0.410 e. The average Bonchev–Trinajstić information content (AvgIpc) is 2.92. The second-order valence-corrected chi connectivity index (χ2v) is 6.96. The van der Waals surface area contributed by atoms with Gasteiger partial charge < -0.3 is 14.7 Å². The Kier molecular flexibility index (Phi) is 5.23. The van der Waals surface area contributed by atoms with Crippen molar-refractivity contribution in [3.05, 3.63) is 29.6 Å². The lowest BCUT2D eigenvalue weighted by atomic mass is 10.0. The minimum atomic E-state index is -0.939. The summed E-state index contributed by atoms with van der Waals surface area (Å²) in [6, 6.07) is 3.11. The van der Waals surface area contributed by atoms with Gasteiger partial charge in [-0.2, -0.15) is 0 Å². The zero-order valence-corrected chi connectivity index (χ0v) is 13.9. The molecule has 2 heterocycles. The highest BCUT2D eigenvalue weighted by Crippen LogP contribution is 2.23. The highest BCUT2D eigenvalue weighted by Gasteiger charge is 2.29. The standard InChI is InChI=1S/C17H24N2O4/c1-17(2,3)23-16(22)19-9-7-12(11-19)4-5-14-10-13(15(20)21)6-8-18-14/h6,8,10,12H,4-5,7,9,11H2,1-3H3,(H,20,21). The van der Waals surface area contributed by atoms with Crippen LogP contribution in [0, 0.1) is 5.92 Å². The molecule has 1 aromatic heterocycles. The molecular formula is C17H24N2O4. The second kappa shape index (κ2) is 6.98. The molecule has 23 heavy (non-hydrogen) atoms. The molecule has 0 saturated carbocycles. The molecule has 1 aliphatic rings. The lowest BCUT2D eigenvalue weighted by Crippen LogP contribution is -2.35. The molecule has 0 spiro atoms. The zero-order chi connectivity index (χ0) is 17.0. The summed E-state index contributed by atoms with van der Waals surface area (Å²) in [4.78, 5) is 29.0. The van der Waals surface area contributed by atoms with Crippen molar-refractivity contribution in [2.75, 3.05) is 13.1 Å². The Morgan fingerprint density at radius 3 is 2.83 bits per heavy atom. The summed E-state index contributed by atoms with van der Waals surface area (Å²) in [6.07, 6.45) is 3.81. The van der Waals surface area contributed by atoms with Gasteiger partial charge in [0.15, 0.2) is 0 Å². The first kappa shape index (κ1) is 17.2. The number of amides is 1. The van der Waals surface area contributed by atoms with Crippen molar-refractivity contribution in [1.29, 1.82) is 0 Å². The van der Waals surface area contributed by atoms with Gasteiger partial charge in [-0.3, -0.25) is 4.98 Å². The van der Waals surface area contributed by atoms with Crippen LogP contribution in [-0.4, -0.2) is 45.7 Å². The summed E-state index contributed by atoms with van der Waals surface area (Å²) in [5, 5.41) is 8.99. The van der Waals surface area contributed by atoms with Gasteiger partial charge in [-0.25, -0.2) is 9.59 Å². The lowest BCUT2D eigenvalue weighted by molar-refractivity contribution is 0.0287. The maximum Gasteiger partial charge on any atom is 0.410 e. The number of hydrogen-bond donors (Lipinski definition) is 1. The number of carbonyl (C=O) groups excluding carboxylic acids is 1. The first-order valence-corrected chi connectivity index (χ1v) is 7.91. The van der Waals surface area contributed by atoms with Crippen LogP contribution >= 0.6 is 0 Å². The Balaban J connectivity index is 1.83. The van der Waals surface area contributed by atoms with E-state index in [4.69, 9.17) is 9.84 Å². The number of carbonyl (C=O) groups is 2. The van der Waals surface area contributed by atoms with E-state index in [1.807, 2.05) is 20.8 Å². The zero-order valence-electron chi connectivity index (χ0n) is 13.9. The fourth-order valence-corrected chi connectivity index (χ4v) is 2.66. The van der Waals surface area contributed by atoms with Crippen LogP contribution in [0.1, 0.15) is 49.7 Å². The quantitative estimate of drug-likeness (QED) is 0.922. The van der Waals surface area contributed by atoms with Gasteiger partial charge in [0.05, 0.1) is 5.56 Å². The first-order valence-electron chi connectivity index (χ1n) is 7.91. The minimum Gasteiger partial charge on any atom is -0.478 e. The number of nitrogens with zero attached hydrogens (tertiary/aromatic N) is 2. The fraction of sp³-hybridized carbons (Fsp3) is 0.588. The Bertz CT molecular complexity index is 580. The monoisotopic (exact) mass is 320 g/mol. The number of likely N-dealkylation sites (tertiary alicyclic amines) is 1. The maximum atomic E-state index is 12.0. The highest BCUT2D eigenvalue weighted by atomic mass is 16.6. The van der Waals surface area contributed by atoms with Crippen LogP contribution in [0.15, 0.2) is 18.3 Å². The fourth-order valence-electron chi connectivity index (χ4n) is 2.66. The van der Waals surface area contributed by atoms with Gasteiger partial charge in [-0.05, 0) is 58.1 Å². The molecule has 6 nitrogen and oxygen atoms in total. The van der Waals surface area contributed by atoms with E-state index < -0.39 is 11.6 Å². The van der Waals surface area contributed by atoms with Crippen molar-refractivity contribution >= 4 is 12.1 Å². The van der Waals surface area contributed by atoms with Gasteiger partial charge in [-0.15, -0.1) is 0 Å². The molecule has 6 heteroatoms. The topological polar surface area (TPSA) is 79.7 Å². The van der Waals surface area contributed by atoms with Gasteiger partial charge in [0.1, 0.15) is 5.60 Å². The molecular weight excluding hydrogens is 296 g/mol. The van der Waals surface area contributed by atoms with E-state index >= 15 is 0 Å². The summed E-state index contributed by atoms with van der Waals surface area (Å²) in [7, 11) is 0. The van der Waals surface area contributed by atoms with E-state index in [0.29, 0.717) is 25.4 Å². The van der Waals surface area contributed by atoms with E-state index in [0.717, 1.165) is 18.5 Å². The summed E-state index contributed by atoms with van der Waals surface area (Å²) >= 11 is 0. The minimum absolute atomic E-state index is 0.258. The van der Waals surface area contributed by atoms with E-state index in [1.54, 1.807) is 11.0 Å². The third-order valence-corrected chi connectivity index (χ3v) is 3.81. The van der Waals surface area contributed by atoms with Crippen LogP contribution in [0.5, 0.6) is 0 Å². The molecule has 1 aliphatic heterocycles. The van der Waals surface area contributed by atoms with E-state index in [1.165, 1.54) is 12.3 Å². The number of aryl methyl sites for hydroxylation is 1. The molecule has 126 valence electrons. The Morgan fingerprint density at radius 1 is 1.43 bits per heavy atom. The normalized spacial score (nSPS) is 18.0. The van der Waals surface area contributed by atoms with E-state index in [-0.39, 0.29) is 11.7 Å². The molecule has 0 aromatic carbocycles. The third-order valence-electron chi connectivity index (χ3n) is 3.81.